The van der Waals surface area contributed by atoms with Gasteiger partial charge in [-0.25, -0.2) is 8.42 Å². The lowest BCUT2D eigenvalue weighted by atomic mass is 9.99. The molecule has 136 valence electrons. The number of nitrogens with one attached hydrogen (secondary N) is 2. The van der Waals surface area contributed by atoms with E-state index < -0.39 is 9.84 Å². The number of benzene rings is 1. The Labute approximate surface area is 149 Å². The van der Waals surface area contributed by atoms with E-state index in [-0.39, 0.29) is 17.2 Å². The number of sulfone groups is 1. The van der Waals surface area contributed by atoms with Crippen LogP contribution in [0.25, 0.3) is 0 Å². The summed E-state index contributed by atoms with van der Waals surface area (Å²) in [6.07, 6.45) is 7.85. The molecule has 3 fully saturated rings. The molecule has 0 radical (unpaired) electrons. The molecule has 2 unspecified atom stereocenters. The minimum absolute atomic E-state index is 0.101. The summed E-state index contributed by atoms with van der Waals surface area (Å²) in [6, 6.07) is 7.75. The lowest BCUT2D eigenvalue weighted by Crippen LogP contribution is -2.48. The molecule has 2 N–H and O–H groups in total. The van der Waals surface area contributed by atoms with Crippen LogP contribution in [0, 0.1) is 0 Å². The molecule has 1 aromatic carbocycles. The van der Waals surface area contributed by atoms with Crippen LogP contribution < -0.4 is 10.6 Å². The third-order valence-corrected chi connectivity index (χ3v) is 8.27. The zero-order valence-electron chi connectivity index (χ0n) is 14.4. The van der Waals surface area contributed by atoms with Gasteiger partial charge < -0.3 is 10.6 Å². The van der Waals surface area contributed by atoms with Gasteiger partial charge >= 0.3 is 0 Å². The second-order valence-electron chi connectivity index (χ2n) is 7.76. The number of fused-ring (bicyclic) bond motifs is 2. The summed E-state index contributed by atoms with van der Waals surface area (Å²) in [7, 11) is -3.25. The molecule has 2 bridgehead atoms. The van der Waals surface area contributed by atoms with Crippen molar-refractivity contribution in [1.82, 2.24) is 10.6 Å². The van der Waals surface area contributed by atoms with Crippen LogP contribution in [0.3, 0.4) is 0 Å². The molecule has 6 heteroatoms. The Hall–Kier alpha value is -1.40. The maximum atomic E-state index is 12.6. The predicted octanol–water partition coefficient (Wildman–Crippen LogP) is 2.42. The number of hydrogen-bond acceptors (Lipinski definition) is 4. The molecule has 0 spiro atoms. The maximum Gasteiger partial charge on any atom is 0.251 e. The van der Waals surface area contributed by atoms with Crippen molar-refractivity contribution in [3.63, 3.8) is 0 Å². The highest BCUT2D eigenvalue weighted by atomic mass is 32.2. The van der Waals surface area contributed by atoms with Crippen LogP contribution in [0.1, 0.15) is 61.7 Å². The first kappa shape index (κ1) is 17.0. The van der Waals surface area contributed by atoms with E-state index in [0.717, 1.165) is 38.5 Å². The van der Waals surface area contributed by atoms with Gasteiger partial charge in [-0.15, -0.1) is 0 Å². The van der Waals surface area contributed by atoms with Gasteiger partial charge in [0.15, 0.2) is 9.84 Å². The second kappa shape index (κ2) is 6.72. The van der Waals surface area contributed by atoms with Crippen molar-refractivity contribution in [2.24, 2.45) is 0 Å². The van der Waals surface area contributed by atoms with E-state index in [4.69, 9.17) is 0 Å². The number of hydrogen-bond donors (Lipinski definition) is 2. The van der Waals surface area contributed by atoms with Gasteiger partial charge in [-0.2, -0.15) is 0 Å². The van der Waals surface area contributed by atoms with Crippen molar-refractivity contribution < 1.29 is 13.2 Å². The van der Waals surface area contributed by atoms with Crippen molar-refractivity contribution in [3.05, 3.63) is 29.8 Å². The normalized spacial score (nSPS) is 29.7. The lowest BCUT2D eigenvalue weighted by molar-refractivity contribution is 0.0924. The molecule has 1 amide bonds. The van der Waals surface area contributed by atoms with Crippen molar-refractivity contribution >= 4 is 15.7 Å². The smallest absolute Gasteiger partial charge is 0.251 e. The monoisotopic (exact) mass is 362 g/mol. The Bertz CT molecular complexity index is 726. The minimum atomic E-state index is -3.25. The van der Waals surface area contributed by atoms with Gasteiger partial charge in [0, 0.05) is 23.7 Å². The maximum absolute atomic E-state index is 12.6. The number of carbonyl (C=O) groups excluding carboxylic acids is 1. The van der Waals surface area contributed by atoms with Crippen molar-refractivity contribution in [2.45, 2.75) is 79.6 Å². The fourth-order valence-corrected chi connectivity index (χ4v) is 6.49. The van der Waals surface area contributed by atoms with Crippen LogP contribution in [0.2, 0.25) is 0 Å². The number of amides is 1. The molecule has 1 aliphatic carbocycles. The standard InChI is InChI=1S/C19H26N2O3S/c22-19(21-16-11-14-7-8-15(12-16)20-14)13-5-9-18(10-6-13)25(23,24)17-3-1-2-4-17/h5-6,9-10,14-17,20H,1-4,7-8,11-12H2,(H,21,22). The van der Waals surface area contributed by atoms with Crippen molar-refractivity contribution in [2.75, 3.05) is 0 Å². The van der Waals surface area contributed by atoms with E-state index in [0.29, 0.717) is 22.5 Å². The molecule has 2 saturated heterocycles. The second-order valence-corrected chi connectivity index (χ2v) is 9.98. The number of carbonyl (C=O) groups is 1. The molecular weight excluding hydrogens is 336 g/mol. The Balaban J connectivity index is 1.42. The Kier molecular flexibility index (Phi) is 4.58. The van der Waals surface area contributed by atoms with Gasteiger partial charge in [0.1, 0.15) is 0 Å². The van der Waals surface area contributed by atoms with Crippen LogP contribution >= 0.6 is 0 Å². The molecule has 3 aliphatic rings. The minimum Gasteiger partial charge on any atom is -0.349 e. The van der Waals surface area contributed by atoms with Crippen LogP contribution in [0.4, 0.5) is 0 Å². The summed E-state index contributed by atoms with van der Waals surface area (Å²) in [5.74, 6) is -0.101. The Morgan fingerprint density at radius 3 is 2.16 bits per heavy atom. The fourth-order valence-electron chi connectivity index (χ4n) is 4.63. The summed E-state index contributed by atoms with van der Waals surface area (Å²) in [6.45, 7) is 0. The zero-order valence-corrected chi connectivity index (χ0v) is 15.2. The molecule has 2 heterocycles. The summed E-state index contributed by atoms with van der Waals surface area (Å²) >= 11 is 0. The van der Waals surface area contributed by atoms with Crippen LogP contribution in [-0.4, -0.2) is 37.7 Å². The van der Waals surface area contributed by atoms with Crippen LogP contribution in [0.15, 0.2) is 29.2 Å². The van der Waals surface area contributed by atoms with E-state index in [2.05, 4.69) is 10.6 Å². The molecular formula is C19H26N2O3S. The van der Waals surface area contributed by atoms with Gasteiger partial charge in [0.25, 0.3) is 5.91 Å². The topological polar surface area (TPSA) is 75.3 Å². The molecule has 1 aromatic rings. The highest BCUT2D eigenvalue weighted by Crippen LogP contribution is 2.30. The number of piperidine rings is 1. The highest BCUT2D eigenvalue weighted by Gasteiger charge is 2.34. The lowest BCUT2D eigenvalue weighted by Gasteiger charge is -2.29. The molecule has 2 atom stereocenters. The number of rotatable bonds is 4. The zero-order chi connectivity index (χ0) is 17.4. The Morgan fingerprint density at radius 1 is 0.960 bits per heavy atom. The molecule has 25 heavy (non-hydrogen) atoms. The Morgan fingerprint density at radius 2 is 1.56 bits per heavy atom. The molecule has 5 nitrogen and oxygen atoms in total. The van der Waals surface area contributed by atoms with E-state index in [9.17, 15) is 13.2 Å². The van der Waals surface area contributed by atoms with Crippen molar-refractivity contribution in [1.29, 1.82) is 0 Å². The largest absolute Gasteiger partial charge is 0.349 e. The fraction of sp³-hybridized carbons (Fsp3) is 0.632. The first-order valence-corrected chi connectivity index (χ1v) is 11.0. The molecule has 2 aliphatic heterocycles. The summed E-state index contributed by atoms with van der Waals surface area (Å²) in [5, 5.41) is 6.43. The van der Waals surface area contributed by atoms with Gasteiger partial charge in [0.2, 0.25) is 0 Å². The van der Waals surface area contributed by atoms with Gasteiger partial charge in [-0.3, -0.25) is 4.79 Å². The summed E-state index contributed by atoms with van der Waals surface area (Å²) < 4.78 is 25.2. The van der Waals surface area contributed by atoms with Gasteiger partial charge in [-0.1, -0.05) is 12.8 Å². The third-order valence-electron chi connectivity index (χ3n) is 5.99. The van der Waals surface area contributed by atoms with Crippen LogP contribution in [0.5, 0.6) is 0 Å². The average molecular weight is 362 g/mol. The SMILES string of the molecule is O=C(NC1CC2CCC(C1)N2)c1ccc(S(=O)(=O)C2CCCC2)cc1. The van der Waals surface area contributed by atoms with E-state index in [1.54, 1.807) is 24.3 Å². The highest BCUT2D eigenvalue weighted by molar-refractivity contribution is 7.92. The van der Waals surface area contributed by atoms with Gasteiger partial charge in [0.05, 0.1) is 10.1 Å². The average Bonchev–Trinajstić information content (AvgIpc) is 3.25. The summed E-state index contributed by atoms with van der Waals surface area (Å²) in [4.78, 5) is 12.8. The van der Waals surface area contributed by atoms with E-state index in [1.807, 2.05) is 0 Å². The van der Waals surface area contributed by atoms with Gasteiger partial charge in [-0.05, 0) is 62.8 Å². The van der Waals surface area contributed by atoms with Crippen molar-refractivity contribution in [3.8, 4) is 0 Å². The van der Waals surface area contributed by atoms with E-state index in [1.165, 1.54) is 12.8 Å². The molecule has 1 saturated carbocycles. The third kappa shape index (κ3) is 3.47. The summed E-state index contributed by atoms with van der Waals surface area (Å²) in [5.41, 5.74) is 0.538. The first-order valence-electron chi connectivity index (χ1n) is 9.43. The quantitative estimate of drug-likeness (QED) is 0.862. The molecule has 0 aromatic heterocycles. The first-order chi connectivity index (χ1) is 12.0. The van der Waals surface area contributed by atoms with Crippen LogP contribution in [-0.2, 0) is 9.84 Å². The predicted molar refractivity (Wildman–Crippen MR) is 96.3 cm³/mol. The van der Waals surface area contributed by atoms with E-state index >= 15 is 0 Å². The molecule has 4 rings (SSSR count).